The van der Waals surface area contributed by atoms with E-state index in [9.17, 15) is 9.59 Å². The van der Waals surface area contributed by atoms with Gasteiger partial charge in [-0.05, 0) is 25.5 Å². The van der Waals surface area contributed by atoms with E-state index in [-0.39, 0.29) is 11.2 Å². The monoisotopic (exact) mass is 317 g/mol. The van der Waals surface area contributed by atoms with E-state index in [0.29, 0.717) is 12.6 Å². The molecule has 23 heavy (non-hydrogen) atoms. The van der Waals surface area contributed by atoms with Crippen molar-refractivity contribution < 1.29 is 0 Å². The third-order valence-electron chi connectivity index (χ3n) is 4.70. The number of likely N-dealkylation sites (tertiary alicyclic amines) is 1. The molecular formula is C16H23N5O2. The number of aromatic nitrogens is 4. The van der Waals surface area contributed by atoms with Crippen molar-refractivity contribution >= 4 is 0 Å². The predicted octanol–water partition coefficient (Wildman–Crippen LogP) is 0.335. The van der Waals surface area contributed by atoms with Crippen LogP contribution in [0.5, 0.6) is 0 Å². The molecule has 0 saturated carbocycles. The molecule has 3 rings (SSSR count). The van der Waals surface area contributed by atoms with Gasteiger partial charge in [-0.2, -0.15) is 5.10 Å². The molecule has 1 fully saturated rings. The lowest BCUT2D eigenvalue weighted by Gasteiger charge is -2.35. The van der Waals surface area contributed by atoms with Crippen molar-refractivity contribution in [2.24, 2.45) is 14.1 Å². The molecule has 1 atom stereocenters. The highest BCUT2D eigenvalue weighted by atomic mass is 16.2. The molecule has 124 valence electrons. The van der Waals surface area contributed by atoms with Gasteiger partial charge in [0.2, 0.25) is 0 Å². The minimum Gasteiger partial charge on any atom is -0.299 e. The van der Waals surface area contributed by atoms with Gasteiger partial charge in [-0.3, -0.25) is 23.5 Å². The van der Waals surface area contributed by atoms with Crippen LogP contribution in [0.25, 0.3) is 0 Å². The summed E-state index contributed by atoms with van der Waals surface area (Å²) in [5, 5.41) is 4.29. The van der Waals surface area contributed by atoms with Gasteiger partial charge in [0.1, 0.15) is 0 Å². The minimum absolute atomic E-state index is 0.247. The van der Waals surface area contributed by atoms with Gasteiger partial charge in [0.25, 0.3) is 5.56 Å². The molecular weight excluding hydrogens is 294 g/mol. The van der Waals surface area contributed by atoms with E-state index in [1.54, 1.807) is 23.9 Å². The molecule has 0 unspecified atom stereocenters. The van der Waals surface area contributed by atoms with Gasteiger partial charge in [-0.15, -0.1) is 0 Å². The molecule has 0 aromatic carbocycles. The van der Waals surface area contributed by atoms with Gasteiger partial charge in [0.15, 0.2) is 0 Å². The molecule has 1 aliphatic rings. The maximum atomic E-state index is 12.1. The van der Waals surface area contributed by atoms with Crippen LogP contribution in [0.15, 0.2) is 34.1 Å². The third-order valence-corrected chi connectivity index (χ3v) is 4.70. The molecule has 7 nitrogen and oxygen atoms in total. The van der Waals surface area contributed by atoms with Crippen molar-refractivity contribution in [3.8, 4) is 0 Å². The van der Waals surface area contributed by atoms with E-state index in [0.717, 1.165) is 36.2 Å². The van der Waals surface area contributed by atoms with Crippen LogP contribution in [-0.2, 0) is 27.2 Å². The van der Waals surface area contributed by atoms with E-state index >= 15 is 0 Å². The van der Waals surface area contributed by atoms with Crippen molar-refractivity contribution in [3.05, 3.63) is 51.1 Å². The van der Waals surface area contributed by atoms with E-state index in [1.165, 1.54) is 13.5 Å². The lowest BCUT2D eigenvalue weighted by atomic mass is 10.0. The topological polar surface area (TPSA) is 65.1 Å². The first-order valence-corrected chi connectivity index (χ1v) is 8.03. The Balaban J connectivity index is 1.82. The molecule has 1 aliphatic heterocycles. The molecule has 0 spiro atoms. The Morgan fingerprint density at radius 2 is 2.04 bits per heavy atom. The molecule has 0 N–H and O–H groups in total. The summed E-state index contributed by atoms with van der Waals surface area (Å²) in [6.07, 6.45) is 7.23. The lowest BCUT2D eigenvalue weighted by Crippen LogP contribution is -2.44. The zero-order valence-electron chi connectivity index (χ0n) is 13.7. The maximum Gasteiger partial charge on any atom is 0.330 e. The largest absolute Gasteiger partial charge is 0.330 e. The molecule has 0 aliphatic carbocycles. The summed E-state index contributed by atoms with van der Waals surface area (Å²) >= 11 is 0. The quantitative estimate of drug-likeness (QED) is 0.815. The first-order chi connectivity index (χ1) is 11.1. The van der Waals surface area contributed by atoms with Crippen LogP contribution in [-0.4, -0.2) is 36.4 Å². The number of piperidine rings is 1. The normalized spacial score (nSPS) is 19.1. The molecule has 3 heterocycles. The number of rotatable bonds is 4. The number of hydrogen-bond donors (Lipinski definition) is 0. The summed E-state index contributed by atoms with van der Waals surface area (Å²) in [5.41, 5.74) is 0.252. The zero-order valence-corrected chi connectivity index (χ0v) is 13.7. The minimum atomic E-state index is -0.270. The van der Waals surface area contributed by atoms with Crippen molar-refractivity contribution in [3.63, 3.8) is 0 Å². The summed E-state index contributed by atoms with van der Waals surface area (Å²) in [4.78, 5) is 26.4. The highest BCUT2D eigenvalue weighted by molar-refractivity contribution is 5.03. The maximum absolute atomic E-state index is 12.1. The second kappa shape index (κ2) is 6.54. The van der Waals surface area contributed by atoms with Crippen LogP contribution in [0.3, 0.4) is 0 Å². The Morgan fingerprint density at radius 1 is 1.22 bits per heavy atom. The standard InChI is InChI=1S/C16H23N5O2/c1-18-14(10-15(22)19(2)16(18)23)11-20-8-4-3-6-13(20)12-21-9-5-7-17-21/h5,7,9-10,13H,3-4,6,8,11-12H2,1-2H3/t13-/m1/s1. The van der Waals surface area contributed by atoms with E-state index in [4.69, 9.17) is 0 Å². The summed E-state index contributed by atoms with van der Waals surface area (Å²) in [6, 6.07) is 3.88. The second-order valence-corrected chi connectivity index (χ2v) is 6.22. The van der Waals surface area contributed by atoms with E-state index < -0.39 is 0 Å². The summed E-state index contributed by atoms with van der Waals surface area (Å²) < 4.78 is 4.66. The molecule has 1 saturated heterocycles. The van der Waals surface area contributed by atoms with E-state index in [2.05, 4.69) is 10.00 Å². The highest BCUT2D eigenvalue weighted by Crippen LogP contribution is 2.20. The smallest absolute Gasteiger partial charge is 0.299 e. The third kappa shape index (κ3) is 3.29. The van der Waals surface area contributed by atoms with Crippen LogP contribution in [0.4, 0.5) is 0 Å². The van der Waals surface area contributed by atoms with Crippen molar-refractivity contribution in [1.82, 2.24) is 23.8 Å². The Hall–Kier alpha value is -2.15. The fourth-order valence-corrected chi connectivity index (χ4v) is 3.24. The molecule has 0 bridgehead atoms. The Labute approximate surface area is 134 Å². The summed E-state index contributed by atoms with van der Waals surface area (Å²) in [5.74, 6) is 0. The van der Waals surface area contributed by atoms with Crippen LogP contribution in [0.2, 0.25) is 0 Å². The van der Waals surface area contributed by atoms with Gasteiger partial charge < -0.3 is 0 Å². The van der Waals surface area contributed by atoms with E-state index in [1.807, 2.05) is 16.9 Å². The molecule has 0 radical (unpaired) electrons. The SMILES string of the molecule is Cn1c(CN2CCCC[C@@H]2Cn2cccn2)cc(=O)n(C)c1=O. The van der Waals surface area contributed by atoms with Gasteiger partial charge in [0, 0.05) is 50.8 Å². The van der Waals surface area contributed by atoms with Crippen LogP contribution < -0.4 is 11.2 Å². The van der Waals surface area contributed by atoms with Crippen molar-refractivity contribution in [1.29, 1.82) is 0 Å². The van der Waals surface area contributed by atoms with Gasteiger partial charge >= 0.3 is 5.69 Å². The fraction of sp³-hybridized carbons (Fsp3) is 0.562. The first kappa shape index (κ1) is 15.7. The average molecular weight is 317 g/mol. The molecule has 7 heteroatoms. The Bertz CT molecular complexity index is 775. The highest BCUT2D eigenvalue weighted by Gasteiger charge is 2.24. The summed E-state index contributed by atoms with van der Waals surface area (Å²) in [6.45, 7) is 2.44. The fourth-order valence-electron chi connectivity index (χ4n) is 3.24. The van der Waals surface area contributed by atoms with Crippen LogP contribution in [0.1, 0.15) is 25.0 Å². The molecule has 2 aromatic heterocycles. The van der Waals surface area contributed by atoms with Crippen molar-refractivity contribution in [2.45, 2.75) is 38.4 Å². The number of nitrogens with zero attached hydrogens (tertiary/aromatic N) is 5. The Morgan fingerprint density at radius 3 is 2.78 bits per heavy atom. The number of hydrogen-bond acceptors (Lipinski definition) is 4. The van der Waals surface area contributed by atoms with Gasteiger partial charge in [-0.25, -0.2) is 4.79 Å². The zero-order chi connectivity index (χ0) is 16.4. The van der Waals surface area contributed by atoms with Gasteiger partial charge in [-0.1, -0.05) is 6.42 Å². The average Bonchev–Trinajstić information content (AvgIpc) is 3.05. The summed E-state index contributed by atoms with van der Waals surface area (Å²) in [7, 11) is 3.24. The molecule has 0 amide bonds. The second-order valence-electron chi connectivity index (χ2n) is 6.22. The molecule has 2 aromatic rings. The Kier molecular flexibility index (Phi) is 4.47. The van der Waals surface area contributed by atoms with Crippen molar-refractivity contribution in [2.75, 3.05) is 6.54 Å². The van der Waals surface area contributed by atoms with Gasteiger partial charge in [0.05, 0.1) is 6.54 Å². The van der Waals surface area contributed by atoms with Crippen LogP contribution in [0, 0.1) is 0 Å². The lowest BCUT2D eigenvalue weighted by molar-refractivity contribution is 0.118. The predicted molar refractivity (Wildman–Crippen MR) is 87.2 cm³/mol. The van der Waals surface area contributed by atoms with Crippen LogP contribution >= 0.6 is 0 Å². The first-order valence-electron chi connectivity index (χ1n) is 8.03.